The summed E-state index contributed by atoms with van der Waals surface area (Å²) in [5, 5.41) is 17.4. The number of hydrogen-bond donors (Lipinski definition) is 2. The lowest BCUT2D eigenvalue weighted by atomic mass is 10.1. The summed E-state index contributed by atoms with van der Waals surface area (Å²) in [5.41, 5.74) is 0. The van der Waals surface area contributed by atoms with Gasteiger partial charge in [0.1, 0.15) is 12.2 Å². The summed E-state index contributed by atoms with van der Waals surface area (Å²) in [7, 11) is 0. The molecule has 8 nitrogen and oxygen atoms in total. The molecule has 276 valence electrons. The Morgan fingerprint density at radius 1 is 0.479 bits per heavy atom. The van der Waals surface area contributed by atoms with Crippen LogP contribution in [0.3, 0.4) is 0 Å². The predicted octanol–water partition coefficient (Wildman–Crippen LogP) is 10.8. The minimum atomic E-state index is -0.730. The summed E-state index contributed by atoms with van der Waals surface area (Å²) < 4.78 is 11.5. The smallest absolute Gasteiger partial charge is 0.331 e. The van der Waals surface area contributed by atoms with Crippen molar-refractivity contribution in [3.8, 4) is 0 Å². The molecule has 0 saturated heterocycles. The highest BCUT2D eigenvalue weighted by molar-refractivity contribution is 5.91. The number of carbonyl (C=O) groups is 4. The van der Waals surface area contributed by atoms with Crippen molar-refractivity contribution in [3.05, 3.63) is 36.5 Å². The van der Waals surface area contributed by atoms with Crippen molar-refractivity contribution in [1.82, 2.24) is 0 Å². The third-order valence-electron chi connectivity index (χ3n) is 8.33. The van der Waals surface area contributed by atoms with E-state index in [0.717, 1.165) is 141 Å². The summed E-state index contributed by atoms with van der Waals surface area (Å²) in [6.07, 6.45) is 34.1. The topological polar surface area (TPSA) is 127 Å². The molecular weight excluding hydrogens is 608 g/mol. The van der Waals surface area contributed by atoms with Gasteiger partial charge in [-0.2, -0.15) is 0 Å². The van der Waals surface area contributed by atoms with Crippen LogP contribution in [-0.4, -0.2) is 46.3 Å². The second-order valence-corrected chi connectivity index (χ2v) is 13.0. The largest absolute Gasteiger partial charge is 0.481 e. The van der Waals surface area contributed by atoms with E-state index < -0.39 is 23.9 Å². The molecule has 0 bridgehead atoms. The van der Waals surface area contributed by atoms with Gasteiger partial charge >= 0.3 is 23.9 Å². The van der Waals surface area contributed by atoms with Gasteiger partial charge in [0.05, 0.1) is 0 Å². The van der Waals surface area contributed by atoms with E-state index in [-0.39, 0.29) is 25.0 Å². The molecule has 0 fully saturated rings. The lowest BCUT2D eigenvalue weighted by Crippen LogP contribution is -2.18. The van der Waals surface area contributed by atoms with Crippen LogP contribution in [0.4, 0.5) is 0 Å². The zero-order valence-electron chi connectivity index (χ0n) is 30.3. The lowest BCUT2D eigenvalue weighted by molar-refractivity contribution is -0.146. The molecule has 0 rings (SSSR count). The van der Waals surface area contributed by atoms with Crippen molar-refractivity contribution < 1.29 is 38.9 Å². The van der Waals surface area contributed by atoms with Gasteiger partial charge in [-0.3, -0.25) is 9.59 Å². The number of allylic oxidation sites excluding steroid dienone is 2. The van der Waals surface area contributed by atoms with Gasteiger partial charge in [0.2, 0.25) is 0 Å². The molecule has 0 spiro atoms. The van der Waals surface area contributed by atoms with Crippen molar-refractivity contribution in [1.29, 1.82) is 0 Å². The summed E-state index contributed by atoms with van der Waals surface area (Å²) in [6, 6.07) is 0. The number of hydrogen-bond acceptors (Lipinski definition) is 6. The van der Waals surface area contributed by atoms with Crippen molar-refractivity contribution >= 4 is 23.9 Å². The zero-order valence-corrected chi connectivity index (χ0v) is 30.3. The molecule has 0 aromatic rings. The van der Waals surface area contributed by atoms with Crippen LogP contribution in [0.1, 0.15) is 181 Å². The average molecular weight is 677 g/mol. The Kier molecular flexibility index (Phi) is 31.9. The molecule has 2 unspecified atom stereocenters. The van der Waals surface area contributed by atoms with E-state index in [0.29, 0.717) is 12.8 Å². The summed E-state index contributed by atoms with van der Waals surface area (Å²) >= 11 is 0. The van der Waals surface area contributed by atoms with Crippen molar-refractivity contribution in [3.63, 3.8) is 0 Å². The van der Waals surface area contributed by atoms with E-state index >= 15 is 0 Å². The minimum Gasteiger partial charge on any atom is -0.481 e. The van der Waals surface area contributed by atoms with E-state index in [4.69, 9.17) is 19.7 Å². The monoisotopic (exact) mass is 676 g/mol. The normalized spacial score (nSPS) is 13.0. The summed E-state index contributed by atoms with van der Waals surface area (Å²) in [5.74, 6) is -2.51. The first-order valence-electron chi connectivity index (χ1n) is 19.1. The van der Waals surface area contributed by atoms with Crippen LogP contribution < -0.4 is 0 Å². The Labute approximate surface area is 291 Å². The predicted molar refractivity (Wildman–Crippen MR) is 194 cm³/mol. The molecule has 8 heteroatoms. The zero-order chi connectivity index (χ0) is 35.5. The molecule has 0 aromatic heterocycles. The molecule has 0 saturated carbocycles. The average Bonchev–Trinajstić information content (AvgIpc) is 3.05. The third-order valence-corrected chi connectivity index (χ3v) is 8.33. The van der Waals surface area contributed by atoms with Crippen LogP contribution in [0.2, 0.25) is 0 Å². The first-order chi connectivity index (χ1) is 23.3. The molecule has 2 atom stereocenters. The summed E-state index contributed by atoms with van der Waals surface area (Å²) in [4.78, 5) is 46.5. The third kappa shape index (κ3) is 33.0. The molecule has 0 aromatic carbocycles. The maximum atomic E-state index is 12.6. The van der Waals surface area contributed by atoms with Crippen LogP contribution in [0.25, 0.3) is 0 Å². The highest BCUT2D eigenvalue weighted by Gasteiger charge is 2.14. The second-order valence-electron chi connectivity index (χ2n) is 13.0. The van der Waals surface area contributed by atoms with Gasteiger partial charge in [-0.15, -0.1) is 0 Å². The van der Waals surface area contributed by atoms with E-state index in [1.165, 1.54) is 12.2 Å². The maximum absolute atomic E-state index is 12.6. The van der Waals surface area contributed by atoms with Crippen LogP contribution in [0.5, 0.6) is 0 Å². The van der Waals surface area contributed by atoms with Crippen molar-refractivity contribution in [2.75, 3.05) is 0 Å². The molecule has 48 heavy (non-hydrogen) atoms. The number of carbonyl (C=O) groups excluding carboxylic acids is 2. The molecule has 0 aliphatic heterocycles. The summed E-state index contributed by atoms with van der Waals surface area (Å²) in [6.45, 7) is 4.33. The van der Waals surface area contributed by atoms with Crippen LogP contribution in [0.15, 0.2) is 36.5 Å². The molecule has 0 radical (unpaired) electrons. The standard InChI is InChI=1S/C40H68O8/c1-3-5-7-21-27-35(29-23-17-13-9-11-15-19-25-31-37(41)42)47-39(45)33-34-40(46)48-36(28-22-8-6-4-2)30-24-18-14-10-12-16-20-26-32-38(43)44/h17-18,23-24,33-36H,3-16,19-22,25-32H2,1-2H3,(H,41,42)(H,43,44). The van der Waals surface area contributed by atoms with E-state index in [9.17, 15) is 19.2 Å². The van der Waals surface area contributed by atoms with Crippen LogP contribution in [0, 0.1) is 0 Å². The van der Waals surface area contributed by atoms with Gasteiger partial charge in [0, 0.05) is 37.8 Å². The highest BCUT2D eigenvalue weighted by Crippen LogP contribution is 2.16. The van der Waals surface area contributed by atoms with Gasteiger partial charge in [-0.05, 0) is 64.2 Å². The quantitative estimate of drug-likeness (QED) is 0.0298. The fourth-order valence-corrected chi connectivity index (χ4v) is 5.46. The van der Waals surface area contributed by atoms with E-state index in [1.54, 1.807) is 0 Å². The maximum Gasteiger partial charge on any atom is 0.331 e. The number of aliphatic carboxylic acids is 2. The van der Waals surface area contributed by atoms with Crippen LogP contribution in [-0.2, 0) is 28.7 Å². The van der Waals surface area contributed by atoms with E-state index in [1.807, 2.05) is 0 Å². The first kappa shape index (κ1) is 45.1. The molecule has 0 heterocycles. The van der Waals surface area contributed by atoms with Gasteiger partial charge in [0.25, 0.3) is 0 Å². The first-order valence-corrected chi connectivity index (χ1v) is 19.1. The highest BCUT2D eigenvalue weighted by atomic mass is 16.5. The van der Waals surface area contributed by atoms with Crippen molar-refractivity contribution in [2.45, 2.75) is 193 Å². The SMILES string of the molecule is CCCCCCC(CC=CCCCCCCCC(=O)O)OC(=O)C=CC(=O)OC(CC=CCCCCCCCC(=O)O)CCCCCC. The Morgan fingerprint density at radius 2 is 0.833 bits per heavy atom. The number of carboxylic acids is 2. The molecule has 0 amide bonds. The minimum absolute atomic E-state index is 0.233. The number of unbranched alkanes of at least 4 members (excludes halogenated alkanes) is 16. The Balaban J connectivity index is 4.72. The van der Waals surface area contributed by atoms with Crippen molar-refractivity contribution in [2.24, 2.45) is 0 Å². The number of ether oxygens (including phenoxy) is 2. The number of carboxylic acid groups (broad SMARTS) is 2. The fourth-order valence-electron chi connectivity index (χ4n) is 5.46. The fraction of sp³-hybridized carbons (Fsp3) is 0.750. The molecule has 2 N–H and O–H groups in total. The van der Waals surface area contributed by atoms with Gasteiger partial charge < -0.3 is 19.7 Å². The Hall–Kier alpha value is -2.90. The molecule has 0 aliphatic rings. The number of rotatable bonds is 34. The number of esters is 2. The lowest BCUT2D eigenvalue weighted by Gasteiger charge is -2.16. The molecular formula is C40H68O8. The molecule has 0 aliphatic carbocycles. The second kappa shape index (κ2) is 34.0. The Morgan fingerprint density at radius 3 is 1.21 bits per heavy atom. The van der Waals surface area contributed by atoms with Gasteiger partial charge in [-0.25, -0.2) is 9.59 Å². The Bertz CT molecular complexity index is 835. The van der Waals surface area contributed by atoms with Gasteiger partial charge in [-0.1, -0.05) is 115 Å². The van der Waals surface area contributed by atoms with E-state index in [2.05, 4.69) is 38.2 Å². The van der Waals surface area contributed by atoms with Gasteiger partial charge in [0.15, 0.2) is 0 Å². The van der Waals surface area contributed by atoms with Crippen LogP contribution >= 0.6 is 0 Å².